The molecule has 2 rings (SSSR count). The average molecular weight is 271 g/mol. The van der Waals surface area contributed by atoms with Gasteiger partial charge in [-0.1, -0.05) is 41.0 Å². The van der Waals surface area contributed by atoms with E-state index in [1.165, 1.54) is 25.7 Å². The fourth-order valence-electron chi connectivity index (χ4n) is 3.29. The summed E-state index contributed by atoms with van der Waals surface area (Å²) in [4.78, 5) is 2.55. The SMILES string of the molecule is CC1CC[C@H](N2CCC(F)CC2)CC1(C)C.CCC. The molecule has 19 heavy (non-hydrogen) atoms. The molecule has 114 valence electrons. The van der Waals surface area contributed by atoms with E-state index >= 15 is 0 Å². The van der Waals surface area contributed by atoms with Gasteiger partial charge in [0.2, 0.25) is 0 Å². The van der Waals surface area contributed by atoms with Gasteiger partial charge in [0.15, 0.2) is 0 Å². The molecule has 0 spiro atoms. The number of piperidine rings is 1. The highest BCUT2D eigenvalue weighted by molar-refractivity contribution is 4.90. The van der Waals surface area contributed by atoms with Gasteiger partial charge in [0.25, 0.3) is 0 Å². The van der Waals surface area contributed by atoms with E-state index in [4.69, 9.17) is 0 Å². The minimum atomic E-state index is -0.535. The predicted molar refractivity (Wildman–Crippen MR) is 82.3 cm³/mol. The second-order valence-electron chi connectivity index (χ2n) is 7.24. The van der Waals surface area contributed by atoms with Crippen molar-refractivity contribution >= 4 is 0 Å². The largest absolute Gasteiger partial charge is 0.300 e. The van der Waals surface area contributed by atoms with E-state index in [9.17, 15) is 4.39 Å². The van der Waals surface area contributed by atoms with Gasteiger partial charge in [0.1, 0.15) is 6.17 Å². The molecule has 0 aromatic heterocycles. The number of likely N-dealkylation sites (tertiary alicyclic amines) is 1. The quantitative estimate of drug-likeness (QED) is 0.645. The number of hydrogen-bond acceptors (Lipinski definition) is 1. The molecular weight excluding hydrogens is 237 g/mol. The van der Waals surface area contributed by atoms with Crippen molar-refractivity contribution in [3.63, 3.8) is 0 Å². The van der Waals surface area contributed by atoms with E-state index in [1.807, 2.05) is 0 Å². The zero-order chi connectivity index (χ0) is 14.5. The van der Waals surface area contributed by atoms with Gasteiger partial charge < -0.3 is 4.90 Å². The summed E-state index contributed by atoms with van der Waals surface area (Å²) in [5.74, 6) is 0.836. The van der Waals surface area contributed by atoms with Crippen molar-refractivity contribution in [1.82, 2.24) is 4.90 Å². The van der Waals surface area contributed by atoms with E-state index < -0.39 is 6.17 Å². The highest BCUT2D eigenvalue weighted by atomic mass is 19.1. The topological polar surface area (TPSA) is 3.24 Å². The summed E-state index contributed by atoms with van der Waals surface area (Å²) in [6.45, 7) is 13.4. The molecule has 2 atom stereocenters. The van der Waals surface area contributed by atoms with E-state index in [0.29, 0.717) is 5.41 Å². The Hall–Kier alpha value is -0.110. The Balaban J connectivity index is 0.000000550. The van der Waals surface area contributed by atoms with E-state index in [1.54, 1.807) is 0 Å². The van der Waals surface area contributed by atoms with Crippen molar-refractivity contribution in [1.29, 1.82) is 0 Å². The molecule has 1 heterocycles. The van der Waals surface area contributed by atoms with Crippen LogP contribution in [-0.2, 0) is 0 Å². The third kappa shape index (κ3) is 5.06. The number of halogens is 1. The van der Waals surface area contributed by atoms with E-state index in [0.717, 1.165) is 37.9 Å². The van der Waals surface area contributed by atoms with Crippen molar-refractivity contribution in [2.45, 2.75) is 85.4 Å². The van der Waals surface area contributed by atoms with Crippen LogP contribution in [0.5, 0.6) is 0 Å². The lowest BCUT2D eigenvalue weighted by Gasteiger charge is -2.46. The molecule has 0 aromatic carbocycles. The van der Waals surface area contributed by atoms with Crippen molar-refractivity contribution in [2.24, 2.45) is 11.3 Å². The van der Waals surface area contributed by atoms with Gasteiger partial charge in [0.05, 0.1) is 0 Å². The Morgan fingerprint density at radius 3 is 2.05 bits per heavy atom. The summed E-state index contributed by atoms with van der Waals surface area (Å²) in [5, 5.41) is 0. The number of alkyl halides is 1. The molecule has 1 unspecified atom stereocenters. The standard InChI is InChI=1S/C14H26FN.C3H8/c1-11-4-5-13(10-14(11,2)3)16-8-6-12(15)7-9-16;1-3-2/h11-13H,4-10H2,1-3H3;3H2,1-2H3/t11?,13-;/m0./s1. The van der Waals surface area contributed by atoms with Gasteiger partial charge in [-0.25, -0.2) is 4.39 Å². The predicted octanol–water partition coefficient (Wildman–Crippen LogP) is 5.05. The van der Waals surface area contributed by atoms with Crippen LogP contribution in [0.1, 0.15) is 73.1 Å². The highest BCUT2D eigenvalue weighted by Crippen LogP contribution is 2.42. The Kier molecular flexibility index (Phi) is 6.79. The van der Waals surface area contributed by atoms with Gasteiger partial charge in [-0.2, -0.15) is 0 Å². The van der Waals surface area contributed by atoms with Crippen LogP contribution in [0.15, 0.2) is 0 Å². The summed E-state index contributed by atoms with van der Waals surface area (Å²) in [5.41, 5.74) is 0.468. The van der Waals surface area contributed by atoms with Gasteiger partial charge in [0, 0.05) is 19.1 Å². The van der Waals surface area contributed by atoms with Crippen LogP contribution in [0.3, 0.4) is 0 Å². The maximum atomic E-state index is 13.1. The minimum Gasteiger partial charge on any atom is -0.300 e. The van der Waals surface area contributed by atoms with Gasteiger partial charge in [-0.3, -0.25) is 0 Å². The summed E-state index contributed by atoms with van der Waals surface area (Å²) in [6.07, 6.45) is 6.19. The summed E-state index contributed by atoms with van der Waals surface area (Å²) < 4.78 is 13.1. The second-order valence-corrected chi connectivity index (χ2v) is 7.24. The molecule has 2 fully saturated rings. The number of nitrogens with zero attached hydrogens (tertiary/aromatic N) is 1. The third-order valence-electron chi connectivity index (χ3n) is 5.00. The monoisotopic (exact) mass is 271 g/mol. The van der Waals surface area contributed by atoms with Crippen LogP contribution in [0.2, 0.25) is 0 Å². The lowest BCUT2D eigenvalue weighted by molar-refractivity contribution is 0.0314. The first-order valence-electron chi connectivity index (χ1n) is 8.28. The summed E-state index contributed by atoms with van der Waals surface area (Å²) in [7, 11) is 0. The van der Waals surface area contributed by atoms with Gasteiger partial charge in [-0.15, -0.1) is 0 Å². The fourth-order valence-corrected chi connectivity index (χ4v) is 3.29. The molecular formula is C17H34FN. The Morgan fingerprint density at radius 2 is 1.58 bits per heavy atom. The van der Waals surface area contributed by atoms with Crippen molar-refractivity contribution in [3.05, 3.63) is 0 Å². The molecule has 0 aromatic rings. The highest BCUT2D eigenvalue weighted by Gasteiger charge is 2.37. The molecule has 0 bridgehead atoms. The molecule has 0 N–H and O–H groups in total. The second kappa shape index (κ2) is 7.61. The molecule has 0 radical (unpaired) electrons. The normalized spacial score (nSPS) is 32.5. The summed E-state index contributed by atoms with van der Waals surface area (Å²) in [6, 6.07) is 0.721. The molecule has 1 saturated heterocycles. The van der Waals surface area contributed by atoms with Crippen LogP contribution in [-0.4, -0.2) is 30.2 Å². The maximum Gasteiger partial charge on any atom is 0.103 e. The zero-order valence-corrected chi connectivity index (χ0v) is 13.7. The van der Waals surface area contributed by atoms with Crippen molar-refractivity contribution in [3.8, 4) is 0 Å². The minimum absolute atomic E-state index is 0.468. The smallest absolute Gasteiger partial charge is 0.103 e. The Labute approximate surface area is 119 Å². The molecule has 2 heteroatoms. The van der Waals surface area contributed by atoms with E-state index in [2.05, 4.69) is 39.5 Å². The van der Waals surface area contributed by atoms with Gasteiger partial charge in [-0.05, 0) is 43.4 Å². The van der Waals surface area contributed by atoms with E-state index in [-0.39, 0.29) is 0 Å². The molecule has 1 saturated carbocycles. The number of hydrogen-bond donors (Lipinski definition) is 0. The van der Waals surface area contributed by atoms with Crippen LogP contribution >= 0.6 is 0 Å². The molecule has 1 aliphatic heterocycles. The van der Waals surface area contributed by atoms with Crippen LogP contribution in [0.4, 0.5) is 4.39 Å². The van der Waals surface area contributed by atoms with Crippen molar-refractivity contribution < 1.29 is 4.39 Å². The van der Waals surface area contributed by atoms with Crippen LogP contribution in [0, 0.1) is 11.3 Å². The fraction of sp³-hybridized carbons (Fsp3) is 1.00. The molecule has 1 aliphatic carbocycles. The Bertz CT molecular complexity index is 244. The van der Waals surface area contributed by atoms with Gasteiger partial charge >= 0.3 is 0 Å². The lowest BCUT2D eigenvalue weighted by Crippen LogP contribution is -2.47. The third-order valence-corrected chi connectivity index (χ3v) is 5.00. The van der Waals surface area contributed by atoms with Crippen LogP contribution in [0.25, 0.3) is 0 Å². The van der Waals surface area contributed by atoms with Crippen LogP contribution < -0.4 is 0 Å². The average Bonchev–Trinajstić information content (AvgIpc) is 2.35. The zero-order valence-electron chi connectivity index (χ0n) is 13.7. The first kappa shape index (κ1) is 16.9. The van der Waals surface area contributed by atoms with Crippen molar-refractivity contribution in [2.75, 3.05) is 13.1 Å². The Morgan fingerprint density at radius 1 is 1.05 bits per heavy atom. The maximum absolute atomic E-state index is 13.1. The first-order valence-corrected chi connectivity index (χ1v) is 8.28. The molecule has 1 nitrogen and oxygen atoms in total. The first-order chi connectivity index (χ1) is 8.90. The molecule has 0 amide bonds. The lowest BCUT2D eigenvalue weighted by atomic mass is 9.67. The number of rotatable bonds is 1. The summed E-state index contributed by atoms with van der Waals surface area (Å²) >= 11 is 0. The molecule has 2 aliphatic rings.